The Balaban J connectivity index is 2.16. The Kier molecular flexibility index (Phi) is 5.72. The van der Waals surface area contributed by atoms with Crippen LogP contribution in [0.5, 0.6) is 0 Å². The van der Waals surface area contributed by atoms with Crippen LogP contribution in [0, 0.1) is 0 Å². The number of esters is 1. The Hall–Kier alpha value is -0.990. The number of aliphatic hydroxyl groups excluding tert-OH is 2. The quantitative estimate of drug-likeness (QED) is 0.607. The molecule has 1 aliphatic rings. The zero-order valence-corrected chi connectivity index (χ0v) is 13.0. The highest BCUT2D eigenvalue weighted by atomic mass is 79.9. The number of carbonyl (C=O) groups is 1. The average molecular weight is 361 g/mol. The second-order valence-electron chi connectivity index (χ2n) is 4.65. The first-order valence-electron chi connectivity index (χ1n) is 6.45. The zero-order chi connectivity index (χ0) is 15.4. The maximum Gasteiger partial charge on any atom is 0.338 e. The second kappa shape index (κ2) is 7.33. The van der Waals surface area contributed by atoms with E-state index in [0.29, 0.717) is 10.9 Å². The standard InChI is InChI=1S/C14H17BrO6/c1-19-12-10(16)14(18)20-9(7-15)11(12)21-13(17)8-5-3-2-4-6-8/h2-6,9-12,14,16,18H,7H2,1H3/t9-,10+,11-,12+,14?/m1/s1. The third-order valence-corrected chi connectivity index (χ3v) is 3.95. The van der Waals surface area contributed by atoms with Crippen molar-refractivity contribution in [3.05, 3.63) is 35.9 Å². The molecule has 0 spiro atoms. The van der Waals surface area contributed by atoms with Crippen molar-refractivity contribution in [1.29, 1.82) is 0 Å². The number of hydrogen-bond acceptors (Lipinski definition) is 6. The first-order valence-corrected chi connectivity index (χ1v) is 7.57. The van der Waals surface area contributed by atoms with Gasteiger partial charge in [-0.25, -0.2) is 4.79 Å². The van der Waals surface area contributed by atoms with Gasteiger partial charge in [-0.1, -0.05) is 34.1 Å². The summed E-state index contributed by atoms with van der Waals surface area (Å²) in [5.41, 5.74) is 0.390. The highest BCUT2D eigenvalue weighted by Crippen LogP contribution is 2.26. The van der Waals surface area contributed by atoms with Gasteiger partial charge in [0.15, 0.2) is 12.4 Å². The lowest BCUT2D eigenvalue weighted by molar-refractivity contribution is -0.280. The van der Waals surface area contributed by atoms with Gasteiger partial charge in [-0.15, -0.1) is 0 Å². The van der Waals surface area contributed by atoms with E-state index in [1.807, 2.05) is 0 Å². The predicted molar refractivity (Wildman–Crippen MR) is 77.1 cm³/mol. The molecule has 2 N–H and O–H groups in total. The van der Waals surface area contributed by atoms with E-state index in [2.05, 4.69) is 15.9 Å². The van der Waals surface area contributed by atoms with Crippen molar-refractivity contribution in [2.24, 2.45) is 0 Å². The summed E-state index contributed by atoms with van der Waals surface area (Å²) in [4.78, 5) is 12.1. The van der Waals surface area contributed by atoms with Crippen molar-refractivity contribution in [3.8, 4) is 0 Å². The molecule has 7 heteroatoms. The summed E-state index contributed by atoms with van der Waals surface area (Å²) in [5.74, 6) is -0.541. The fourth-order valence-corrected chi connectivity index (χ4v) is 2.73. The number of methoxy groups -OCH3 is 1. The van der Waals surface area contributed by atoms with Gasteiger partial charge in [0.05, 0.1) is 5.56 Å². The molecule has 0 amide bonds. The van der Waals surface area contributed by atoms with E-state index >= 15 is 0 Å². The van der Waals surface area contributed by atoms with Crippen LogP contribution in [0.4, 0.5) is 0 Å². The normalized spacial score (nSPS) is 32.7. The number of alkyl halides is 1. The van der Waals surface area contributed by atoms with Gasteiger partial charge in [0.25, 0.3) is 0 Å². The largest absolute Gasteiger partial charge is 0.453 e. The summed E-state index contributed by atoms with van der Waals surface area (Å²) in [6.45, 7) is 0. The van der Waals surface area contributed by atoms with Crippen molar-refractivity contribution < 1.29 is 29.2 Å². The van der Waals surface area contributed by atoms with E-state index in [-0.39, 0.29) is 0 Å². The highest BCUT2D eigenvalue weighted by molar-refractivity contribution is 9.09. The predicted octanol–water partition coefficient (Wildman–Crippen LogP) is 0.700. The molecule has 1 aliphatic heterocycles. The molecule has 0 radical (unpaired) electrons. The van der Waals surface area contributed by atoms with Crippen LogP contribution < -0.4 is 0 Å². The number of hydrogen-bond donors (Lipinski definition) is 2. The molecule has 5 atom stereocenters. The number of carbonyl (C=O) groups excluding carboxylic acids is 1. The molecule has 6 nitrogen and oxygen atoms in total. The van der Waals surface area contributed by atoms with Crippen molar-refractivity contribution in [3.63, 3.8) is 0 Å². The minimum Gasteiger partial charge on any atom is -0.453 e. The van der Waals surface area contributed by atoms with Crippen LogP contribution in [0.1, 0.15) is 10.4 Å². The minimum atomic E-state index is -1.39. The molecule has 2 rings (SSSR count). The molecule has 21 heavy (non-hydrogen) atoms. The van der Waals surface area contributed by atoms with Crippen LogP contribution in [0.3, 0.4) is 0 Å². The van der Waals surface area contributed by atoms with Gasteiger partial charge in [0, 0.05) is 12.4 Å². The SMILES string of the molecule is CO[C@@H]1[C@H](OC(=O)c2ccccc2)[C@@H](CBr)OC(O)[C@H]1O. The number of halogens is 1. The van der Waals surface area contributed by atoms with Gasteiger partial charge in [-0.05, 0) is 12.1 Å². The number of benzene rings is 1. The number of ether oxygens (including phenoxy) is 3. The lowest BCUT2D eigenvalue weighted by Gasteiger charge is -2.41. The molecule has 0 aromatic heterocycles. The molecule has 116 valence electrons. The Morgan fingerprint density at radius 3 is 2.52 bits per heavy atom. The molecule has 1 heterocycles. The number of aliphatic hydroxyl groups is 2. The lowest BCUT2D eigenvalue weighted by Crippen LogP contribution is -2.60. The minimum absolute atomic E-state index is 0.323. The first kappa shape index (κ1) is 16.4. The average Bonchev–Trinajstić information content (AvgIpc) is 2.51. The fraction of sp³-hybridized carbons (Fsp3) is 0.500. The Morgan fingerprint density at radius 2 is 1.95 bits per heavy atom. The van der Waals surface area contributed by atoms with Crippen LogP contribution in [0.15, 0.2) is 30.3 Å². The van der Waals surface area contributed by atoms with Gasteiger partial charge >= 0.3 is 5.97 Å². The third-order valence-electron chi connectivity index (χ3n) is 3.31. The summed E-state index contributed by atoms with van der Waals surface area (Å²) in [7, 11) is 1.38. The number of rotatable bonds is 4. The van der Waals surface area contributed by atoms with Crippen LogP contribution in [-0.2, 0) is 14.2 Å². The molecule has 0 saturated carbocycles. The van der Waals surface area contributed by atoms with Gasteiger partial charge in [-0.2, -0.15) is 0 Å². The summed E-state index contributed by atoms with van der Waals surface area (Å²) in [5, 5.41) is 19.9. The lowest BCUT2D eigenvalue weighted by atomic mass is 9.99. The topological polar surface area (TPSA) is 85.2 Å². The van der Waals surface area contributed by atoms with Crippen molar-refractivity contribution in [2.45, 2.75) is 30.7 Å². The molecule has 0 aliphatic carbocycles. The van der Waals surface area contributed by atoms with E-state index in [9.17, 15) is 15.0 Å². The van der Waals surface area contributed by atoms with Crippen molar-refractivity contribution in [2.75, 3.05) is 12.4 Å². The fourth-order valence-electron chi connectivity index (χ4n) is 2.21. The van der Waals surface area contributed by atoms with Gasteiger partial charge in [-0.3, -0.25) is 0 Å². The molecule has 1 aromatic carbocycles. The van der Waals surface area contributed by atoms with Gasteiger partial charge < -0.3 is 24.4 Å². The first-order chi connectivity index (χ1) is 10.1. The van der Waals surface area contributed by atoms with Gasteiger partial charge in [0.1, 0.15) is 18.3 Å². The molecule has 1 saturated heterocycles. The third kappa shape index (κ3) is 3.61. The van der Waals surface area contributed by atoms with Crippen LogP contribution >= 0.6 is 15.9 Å². The smallest absolute Gasteiger partial charge is 0.338 e. The molecular weight excluding hydrogens is 344 g/mol. The van der Waals surface area contributed by atoms with Crippen LogP contribution in [0.2, 0.25) is 0 Å². The summed E-state index contributed by atoms with van der Waals surface area (Å²) < 4.78 is 15.8. The van der Waals surface area contributed by atoms with Gasteiger partial charge in [0.2, 0.25) is 0 Å². The molecule has 0 bridgehead atoms. The van der Waals surface area contributed by atoms with E-state index in [1.54, 1.807) is 30.3 Å². The van der Waals surface area contributed by atoms with E-state index in [0.717, 1.165) is 0 Å². The second-order valence-corrected chi connectivity index (χ2v) is 5.29. The summed E-state index contributed by atoms with van der Waals surface area (Å²) in [6, 6.07) is 8.50. The van der Waals surface area contributed by atoms with Crippen LogP contribution in [-0.4, -0.2) is 59.3 Å². The Morgan fingerprint density at radius 1 is 1.29 bits per heavy atom. The molecule has 1 unspecified atom stereocenters. The molecule has 1 fully saturated rings. The van der Waals surface area contributed by atoms with E-state index < -0.39 is 36.7 Å². The van der Waals surface area contributed by atoms with E-state index in [4.69, 9.17) is 14.2 Å². The highest BCUT2D eigenvalue weighted by Gasteiger charge is 2.46. The van der Waals surface area contributed by atoms with Crippen molar-refractivity contribution in [1.82, 2.24) is 0 Å². The maximum atomic E-state index is 12.1. The Bertz CT molecular complexity index is 468. The Labute approximate surface area is 130 Å². The monoisotopic (exact) mass is 360 g/mol. The van der Waals surface area contributed by atoms with E-state index in [1.165, 1.54) is 7.11 Å². The maximum absolute atomic E-state index is 12.1. The molecule has 1 aromatic rings. The summed E-state index contributed by atoms with van der Waals surface area (Å²) in [6.07, 6.45) is -5.01. The molecular formula is C14H17BrO6. The van der Waals surface area contributed by atoms with Crippen molar-refractivity contribution >= 4 is 21.9 Å². The summed E-state index contributed by atoms with van der Waals surface area (Å²) >= 11 is 3.24. The zero-order valence-electron chi connectivity index (χ0n) is 11.4. The van der Waals surface area contributed by atoms with Crippen LogP contribution in [0.25, 0.3) is 0 Å².